The highest BCUT2D eigenvalue weighted by atomic mass is 19.4. The molecule has 0 aliphatic heterocycles. The Hall–Kier alpha value is -3.49. The van der Waals surface area contributed by atoms with Crippen molar-refractivity contribution in [1.29, 1.82) is 0 Å². The lowest BCUT2D eigenvalue weighted by atomic mass is 9.86. The molecule has 0 radical (unpaired) electrons. The average Bonchev–Trinajstić information content (AvgIpc) is 2.81. The number of methoxy groups -OCH3 is 1. The fraction of sp³-hybridized carbons (Fsp3) is 0.321. The average molecular weight is 525 g/mol. The standard InChI is InChI=1S/C28H26F6O3/c1-16(2)11-24(17(3)35)20-12-19(18-5-7-21(8-6-18)27(29,30)31)13-23(14-20)37-22-9-10-26(36-4)25(15-22)28(32,33)34/h5-10,12-16,24H,11H2,1-4H3. The fourth-order valence-corrected chi connectivity index (χ4v) is 4.02. The van der Waals surface area contributed by atoms with Crippen molar-refractivity contribution >= 4 is 5.78 Å². The molecule has 0 aliphatic carbocycles. The van der Waals surface area contributed by atoms with Crippen LogP contribution in [0.15, 0.2) is 60.7 Å². The number of ketones is 1. The van der Waals surface area contributed by atoms with Crippen LogP contribution in [0, 0.1) is 5.92 Å². The number of alkyl halides is 6. The molecular weight excluding hydrogens is 498 g/mol. The van der Waals surface area contributed by atoms with Gasteiger partial charge in [0.1, 0.15) is 28.6 Å². The maximum Gasteiger partial charge on any atom is 0.420 e. The molecule has 0 N–H and O–H groups in total. The number of benzene rings is 3. The van der Waals surface area contributed by atoms with Crippen molar-refractivity contribution in [3.05, 3.63) is 77.4 Å². The van der Waals surface area contributed by atoms with Gasteiger partial charge in [-0.05, 0) is 78.4 Å². The topological polar surface area (TPSA) is 35.5 Å². The molecular formula is C28H26F6O3. The van der Waals surface area contributed by atoms with Gasteiger partial charge in [0, 0.05) is 5.92 Å². The van der Waals surface area contributed by atoms with E-state index in [1.807, 2.05) is 13.8 Å². The lowest BCUT2D eigenvalue weighted by molar-refractivity contribution is -0.139. The number of carbonyl (C=O) groups is 1. The van der Waals surface area contributed by atoms with Crippen LogP contribution in [-0.4, -0.2) is 12.9 Å². The Labute approximate surface area is 211 Å². The van der Waals surface area contributed by atoms with Gasteiger partial charge in [-0.2, -0.15) is 26.3 Å². The molecule has 0 bridgehead atoms. The number of ether oxygens (including phenoxy) is 2. The molecule has 1 atom stereocenters. The molecule has 0 saturated heterocycles. The van der Waals surface area contributed by atoms with Crippen molar-refractivity contribution in [3.8, 4) is 28.4 Å². The van der Waals surface area contributed by atoms with Crippen LogP contribution in [0.25, 0.3) is 11.1 Å². The number of hydrogen-bond acceptors (Lipinski definition) is 3. The monoisotopic (exact) mass is 524 g/mol. The number of carbonyl (C=O) groups excluding carboxylic acids is 1. The van der Waals surface area contributed by atoms with Crippen LogP contribution >= 0.6 is 0 Å². The smallest absolute Gasteiger partial charge is 0.420 e. The fourth-order valence-electron chi connectivity index (χ4n) is 4.02. The lowest BCUT2D eigenvalue weighted by Crippen LogP contribution is -2.12. The molecule has 0 heterocycles. The summed E-state index contributed by atoms with van der Waals surface area (Å²) >= 11 is 0. The first-order valence-electron chi connectivity index (χ1n) is 11.4. The van der Waals surface area contributed by atoms with Crippen molar-refractivity contribution in [3.63, 3.8) is 0 Å². The number of halogens is 6. The minimum atomic E-state index is -4.69. The van der Waals surface area contributed by atoms with Gasteiger partial charge in [-0.3, -0.25) is 4.79 Å². The summed E-state index contributed by atoms with van der Waals surface area (Å²) in [4.78, 5) is 12.5. The van der Waals surface area contributed by atoms with Gasteiger partial charge in [0.25, 0.3) is 0 Å². The van der Waals surface area contributed by atoms with Gasteiger partial charge in [-0.25, -0.2) is 0 Å². The summed E-state index contributed by atoms with van der Waals surface area (Å²) in [6, 6.07) is 12.5. The van der Waals surface area contributed by atoms with Gasteiger partial charge >= 0.3 is 12.4 Å². The predicted octanol–water partition coefficient (Wildman–Crippen LogP) is 8.91. The second kappa shape index (κ2) is 10.9. The molecule has 0 aromatic heterocycles. The molecule has 0 saturated carbocycles. The highest BCUT2D eigenvalue weighted by molar-refractivity contribution is 5.84. The van der Waals surface area contributed by atoms with Gasteiger partial charge < -0.3 is 9.47 Å². The molecule has 0 spiro atoms. The zero-order valence-corrected chi connectivity index (χ0v) is 20.6. The minimum absolute atomic E-state index is 0.118. The van der Waals surface area contributed by atoms with E-state index in [0.29, 0.717) is 23.1 Å². The Morgan fingerprint density at radius 3 is 1.97 bits per heavy atom. The van der Waals surface area contributed by atoms with Crippen LogP contribution < -0.4 is 9.47 Å². The van der Waals surface area contributed by atoms with Crippen molar-refractivity contribution in [1.82, 2.24) is 0 Å². The van der Waals surface area contributed by atoms with E-state index in [2.05, 4.69) is 0 Å². The predicted molar refractivity (Wildman–Crippen MR) is 128 cm³/mol. The maximum absolute atomic E-state index is 13.5. The molecule has 3 nitrogen and oxygen atoms in total. The van der Waals surface area contributed by atoms with Gasteiger partial charge in [-0.1, -0.05) is 32.0 Å². The summed E-state index contributed by atoms with van der Waals surface area (Å²) in [5.41, 5.74) is -0.396. The molecule has 0 fully saturated rings. The van der Waals surface area contributed by atoms with Crippen LogP contribution in [0.1, 0.15) is 49.8 Å². The van der Waals surface area contributed by atoms with Crippen LogP contribution in [0.2, 0.25) is 0 Å². The third-order valence-electron chi connectivity index (χ3n) is 5.79. The summed E-state index contributed by atoms with van der Waals surface area (Å²) in [5, 5.41) is 0. The number of hydrogen-bond donors (Lipinski definition) is 0. The van der Waals surface area contributed by atoms with Crippen LogP contribution in [0.5, 0.6) is 17.2 Å². The SMILES string of the molecule is COc1ccc(Oc2cc(-c3ccc(C(F)(F)F)cc3)cc(C(CC(C)C)C(C)=O)c2)cc1C(F)(F)F. The molecule has 0 aliphatic rings. The summed E-state index contributed by atoms with van der Waals surface area (Å²) < 4.78 is 90.1. The summed E-state index contributed by atoms with van der Waals surface area (Å²) in [7, 11) is 1.13. The van der Waals surface area contributed by atoms with E-state index in [-0.39, 0.29) is 28.9 Å². The first-order chi connectivity index (χ1) is 17.2. The normalized spacial score (nSPS) is 12.9. The Morgan fingerprint density at radius 2 is 1.46 bits per heavy atom. The maximum atomic E-state index is 13.5. The van der Waals surface area contributed by atoms with Crippen LogP contribution in [-0.2, 0) is 17.1 Å². The van der Waals surface area contributed by atoms with E-state index in [1.54, 1.807) is 12.1 Å². The van der Waals surface area contributed by atoms with Crippen molar-refractivity contribution < 1.29 is 40.6 Å². The van der Waals surface area contributed by atoms with E-state index in [9.17, 15) is 31.1 Å². The molecule has 198 valence electrons. The molecule has 37 heavy (non-hydrogen) atoms. The highest BCUT2D eigenvalue weighted by Gasteiger charge is 2.35. The van der Waals surface area contributed by atoms with Crippen LogP contribution in [0.3, 0.4) is 0 Å². The molecule has 3 rings (SSSR count). The summed E-state index contributed by atoms with van der Waals surface area (Å²) in [6.45, 7) is 5.34. The van der Waals surface area contributed by atoms with Crippen molar-refractivity contribution in [2.45, 2.75) is 45.5 Å². The van der Waals surface area contributed by atoms with E-state index < -0.39 is 29.4 Å². The van der Waals surface area contributed by atoms with E-state index >= 15 is 0 Å². The number of rotatable bonds is 8. The second-order valence-corrected chi connectivity index (χ2v) is 9.12. The lowest BCUT2D eigenvalue weighted by Gasteiger charge is -2.20. The largest absolute Gasteiger partial charge is 0.496 e. The quantitative estimate of drug-likeness (QED) is 0.276. The minimum Gasteiger partial charge on any atom is -0.496 e. The third kappa shape index (κ3) is 7.05. The van der Waals surface area contributed by atoms with Crippen molar-refractivity contribution in [2.75, 3.05) is 7.11 Å². The molecule has 9 heteroatoms. The van der Waals surface area contributed by atoms with Gasteiger partial charge in [0.05, 0.1) is 12.7 Å². The molecule has 3 aromatic carbocycles. The Bertz CT molecular complexity index is 1240. The second-order valence-electron chi connectivity index (χ2n) is 9.12. The van der Waals surface area contributed by atoms with Crippen LogP contribution in [0.4, 0.5) is 26.3 Å². The Morgan fingerprint density at radius 1 is 0.811 bits per heavy atom. The zero-order valence-electron chi connectivity index (χ0n) is 20.6. The van der Waals surface area contributed by atoms with Gasteiger partial charge in [-0.15, -0.1) is 0 Å². The van der Waals surface area contributed by atoms with Gasteiger partial charge in [0.2, 0.25) is 0 Å². The third-order valence-corrected chi connectivity index (χ3v) is 5.79. The summed E-state index contributed by atoms with van der Waals surface area (Å²) in [5.74, 6) is -0.838. The molecule has 0 amide bonds. The highest BCUT2D eigenvalue weighted by Crippen LogP contribution is 2.40. The van der Waals surface area contributed by atoms with Gasteiger partial charge in [0.15, 0.2) is 0 Å². The van der Waals surface area contributed by atoms with E-state index in [1.165, 1.54) is 31.2 Å². The summed E-state index contributed by atoms with van der Waals surface area (Å²) in [6.07, 6.45) is -8.68. The first kappa shape index (κ1) is 28.1. The first-order valence-corrected chi connectivity index (χ1v) is 11.4. The molecule has 3 aromatic rings. The molecule has 1 unspecified atom stereocenters. The van der Waals surface area contributed by atoms with Crippen molar-refractivity contribution in [2.24, 2.45) is 5.92 Å². The van der Waals surface area contributed by atoms with E-state index in [0.717, 1.165) is 31.4 Å². The zero-order chi connectivity index (χ0) is 27.5. The van der Waals surface area contributed by atoms with E-state index in [4.69, 9.17) is 9.47 Å². The Balaban J connectivity index is 2.11. The number of Topliss-reactive ketones (excluding diaryl/α,β-unsaturated/α-hetero) is 1. The Kier molecular flexibility index (Phi) is 8.25.